The number of anilines is 1. The summed E-state index contributed by atoms with van der Waals surface area (Å²) in [4.78, 5) is 24.1. The Labute approximate surface area is 137 Å². The highest BCUT2D eigenvalue weighted by Gasteiger charge is 2.24. The number of carbonyl (C=O) groups is 1. The van der Waals surface area contributed by atoms with E-state index in [-0.39, 0.29) is 28.8 Å². The molecule has 0 unspecified atom stereocenters. The average molecular weight is 339 g/mol. The highest BCUT2D eigenvalue weighted by molar-refractivity contribution is 6.31. The predicted octanol–water partition coefficient (Wildman–Crippen LogP) is 4.02. The monoisotopic (exact) mass is 338 g/mol. The number of nitrogens with zero attached hydrogens (tertiary/aromatic N) is 2. The van der Waals surface area contributed by atoms with E-state index in [4.69, 9.17) is 23.2 Å². The summed E-state index contributed by atoms with van der Waals surface area (Å²) in [6, 6.07) is 13.3. The summed E-state index contributed by atoms with van der Waals surface area (Å²) in [5.41, 5.74) is 0.774. The van der Waals surface area contributed by atoms with Crippen LogP contribution in [0.2, 0.25) is 5.02 Å². The van der Waals surface area contributed by atoms with Crippen LogP contribution in [0.5, 0.6) is 0 Å². The molecule has 2 aromatic rings. The van der Waals surface area contributed by atoms with Gasteiger partial charge in [-0.2, -0.15) is 0 Å². The van der Waals surface area contributed by atoms with Gasteiger partial charge in [0.15, 0.2) is 0 Å². The molecule has 2 aromatic carbocycles. The molecule has 0 heterocycles. The van der Waals surface area contributed by atoms with Gasteiger partial charge in [-0.15, -0.1) is 11.6 Å². The van der Waals surface area contributed by atoms with E-state index < -0.39 is 10.8 Å². The van der Waals surface area contributed by atoms with Gasteiger partial charge in [0.1, 0.15) is 11.6 Å². The standard InChI is InChI=1S/C15H12Cl2N2O3/c16-9-15(20)18(10-11-4-2-1-3-5-11)13-7-6-12(17)8-14(13)19(21)22/h1-8H,9-10H2. The van der Waals surface area contributed by atoms with Crippen molar-refractivity contribution >= 4 is 40.5 Å². The number of nitro groups is 1. The number of rotatable bonds is 5. The lowest BCUT2D eigenvalue weighted by Crippen LogP contribution is -2.31. The summed E-state index contributed by atoms with van der Waals surface area (Å²) in [7, 11) is 0. The van der Waals surface area contributed by atoms with E-state index in [1.54, 1.807) is 0 Å². The second kappa shape index (κ2) is 7.24. The highest BCUT2D eigenvalue weighted by atomic mass is 35.5. The van der Waals surface area contributed by atoms with Gasteiger partial charge in [-0.25, -0.2) is 0 Å². The molecule has 0 aliphatic rings. The van der Waals surface area contributed by atoms with Crippen LogP contribution in [0.1, 0.15) is 5.56 Å². The van der Waals surface area contributed by atoms with Crippen LogP contribution in [-0.2, 0) is 11.3 Å². The minimum atomic E-state index is -0.569. The first-order valence-electron chi connectivity index (χ1n) is 6.37. The van der Waals surface area contributed by atoms with Crippen LogP contribution in [0.4, 0.5) is 11.4 Å². The number of amides is 1. The zero-order chi connectivity index (χ0) is 16.1. The SMILES string of the molecule is O=C(CCl)N(Cc1ccccc1)c1ccc(Cl)cc1[N+](=O)[O-]. The number of hydrogen-bond acceptors (Lipinski definition) is 3. The molecule has 0 aromatic heterocycles. The lowest BCUT2D eigenvalue weighted by Gasteiger charge is -2.22. The molecule has 0 atom stereocenters. The normalized spacial score (nSPS) is 10.3. The zero-order valence-corrected chi connectivity index (χ0v) is 12.9. The maximum atomic E-state index is 12.1. The minimum Gasteiger partial charge on any atom is -0.301 e. The molecule has 1 amide bonds. The summed E-state index contributed by atoms with van der Waals surface area (Å²) in [6.45, 7) is 0.189. The van der Waals surface area contributed by atoms with Crippen LogP contribution in [0.25, 0.3) is 0 Å². The molecule has 114 valence electrons. The lowest BCUT2D eigenvalue weighted by molar-refractivity contribution is -0.384. The first-order chi connectivity index (χ1) is 10.5. The van der Waals surface area contributed by atoms with E-state index >= 15 is 0 Å². The topological polar surface area (TPSA) is 63.5 Å². The molecule has 0 radical (unpaired) electrons. The average Bonchev–Trinajstić information content (AvgIpc) is 2.53. The van der Waals surface area contributed by atoms with Gasteiger partial charge in [0.25, 0.3) is 5.69 Å². The van der Waals surface area contributed by atoms with Crippen molar-refractivity contribution < 1.29 is 9.72 Å². The lowest BCUT2D eigenvalue weighted by atomic mass is 10.2. The zero-order valence-electron chi connectivity index (χ0n) is 11.4. The third-order valence-electron chi connectivity index (χ3n) is 3.02. The molecule has 2 rings (SSSR count). The van der Waals surface area contributed by atoms with Crippen LogP contribution in [-0.4, -0.2) is 16.7 Å². The Balaban J connectivity index is 2.46. The maximum absolute atomic E-state index is 12.1. The third kappa shape index (κ3) is 3.75. The highest BCUT2D eigenvalue weighted by Crippen LogP contribution is 2.32. The van der Waals surface area contributed by atoms with Crippen molar-refractivity contribution in [3.63, 3.8) is 0 Å². The van der Waals surface area contributed by atoms with Crippen LogP contribution < -0.4 is 4.90 Å². The number of halogens is 2. The Kier molecular flexibility index (Phi) is 5.35. The van der Waals surface area contributed by atoms with Gasteiger partial charge in [0.05, 0.1) is 11.5 Å². The van der Waals surface area contributed by atoms with E-state index in [0.717, 1.165) is 5.56 Å². The van der Waals surface area contributed by atoms with Crippen molar-refractivity contribution in [1.82, 2.24) is 0 Å². The minimum absolute atomic E-state index is 0.170. The maximum Gasteiger partial charge on any atom is 0.294 e. The van der Waals surface area contributed by atoms with Crippen molar-refractivity contribution in [3.05, 3.63) is 69.2 Å². The van der Waals surface area contributed by atoms with Gasteiger partial charge in [-0.05, 0) is 17.7 Å². The molecule has 5 nitrogen and oxygen atoms in total. The summed E-state index contributed by atoms with van der Waals surface area (Å²) in [5.74, 6) is -0.692. The second-order valence-corrected chi connectivity index (χ2v) is 5.19. The smallest absolute Gasteiger partial charge is 0.294 e. The molecule has 0 bridgehead atoms. The van der Waals surface area contributed by atoms with E-state index in [2.05, 4.69) is 0 Å². The summed E-state index contributed by atoms with van der Waals surface area (Å²) >= 11 is 11.4. The van der Waals surface area contributed by atoms with Crippen molar-refractivity contribution in [2.45, 2.75) is 6.54 Å². The third-order valence-corrected chi connectivity index (χ3v) is 3.49. The van der Waals surface area contributed by atoms with E-state index in [0.29, 0.717) is 0 Å². The number of benzene rings is 2. The first-order valence-corrected chi connectivity index (χ1v) is 7.28. The first kappa shape index (κ1) is 16.3. The molecule has 0 fully saturated rings. The second-order valence-electron chi connectivity index (χ2n) is 4.49. The van der Waals surface area contributed by atoms with Crippen LogP contribution in [0, 0.1) is 10.1 Å². The predicted molar refractivity (Wildman–Crippen MR) is 86.5 cm³/mol. The quantitative estimate of drug-likeness (QED) is 0.469. The summed E-state index contributed by atoms with van der Waals surface area (Å²) < 4.78 is 0. The Hall–Kier alpha value is -2.11. The largest absolute Gasteiger partial charge is 0.301 e. The van der Waals surface area contributed by atoms with Crippen LogP contribution in [0.15, 0.2) is 48.5 Å². The molecule has 7 heteroatoms. The molecule has 0 spiro atoms. The van der Waals surface area contributed by atoms with Gasteiger partial charge in [-0.1, -0.05) is 41.9 Å². The van der Waals surface area contributed by atoms with Gasteiger partial charge < -0.3 is 4.90 Å². The fraction of sp³-hybridized carbons (Fsp3) is 0.133. The summed E-state index contributed by atoms with van der Waals surface area (Å²) in [6.07, 6.45) is 0. The molecular formula is C15H12Cl2N2O3. The number of carbonyl (C=O) groups excluding carboxylic acids is 1. The van der Waals surface area contributed by atoms with Gasteiger partial charge in [-0.3, -0.25) is 14.9 Å². The van der Waals surface area contributed by atoms with Gasteiger partial charge in [0.2, 0.25) is 5.91 Å². The molecular weight excluding hydrogens is 327 g/mol. The molecule has 0 aliphatic carbocycles. The van der Waals surface area contributed by atoms with Crippen LogP contribution in [0.3, 0.4) is 0 Å². The molecule has 0 saturated carbocycles. The molecule has 0 saturated heterocycles. The number of nitro benzene ring substituents is 1. The Morgan fingerprint density at radius 3 is 2.45 bits per heavy atom. The van der Waals surface area contributed by atoms with Crippen molar-refractivity contribution in [2.75, 3.05) is 10.8 Å². The Morgan fingerprint density at radius 1 is 1.18 bits per heavy atom. The molecule has 0 N–H and O–H groups in total. The fourth-order valence-corrected chi connectivity index (χ4v) is 2.33. The van der Waals surface area contributed by atoms with Crippen molar-refractivity contribution in [3.8, 4) is 0 Å². The van der Waals surface area contributed by atoms with Gasteiger partial charge in [0, 0.05) is 11.1 Å². The number of alkyl halides is 1. The molecule has 0 aliphatic heterocycles. The fourth-order valence-electron chi connectivity index (χ4n) is 2.02. The van der Waals surface area contributed by atoms with E-state index in [1.165, 1.54) is 23.1 Å². The van der Waals surface area contributed by atoms with E-state index in [9.17, 15) is 14.9 Å². The summed E-state index contributed by atoms with van der Waals surface area (Å²) in [5, 5.41) is 11.4. The van der Waals surface area contributed by atoms with Gasteiger partial charge >= 0.3 is 0 Å². The number of hydrogen-bond donors (Lipinski definition) is 0. The van der Waals surface area contributed by atoms with Crippen molar-refractivity contribution in [1.29, 1.82) is 0 Å². The van der Waals surface area contributed by atoms with E-state index in [1.807, 2.05) is 30.3 Å². The van der Waals surface area contributed by atoms with Crippen LogP contribution >= 0.6 is 23.2 Å². The Morgan fingerprint density at radius 2 is 1.86 bits per heavy atom. The van der Waals surface area contributed by atoms with Crippen molar-refractivity contribution in [2.24, 2.45) is 0 Å². The Bertz CT molecular complexity index is 692. The molecule has 22 heavy (non-hydrogen) atoms.